The van der Waals surface area contributed by atoms with Crippen molar-refractivity contribution in [3.05, 3.63) is 77.3 Å². The maximum Gasteiger partial charge on any atom is 0.209 e. The summed E-state index contributed by atoms with van der Waals surface area (Å²) in [5.74, 6) is -0.262. The van der Waals surface area contributed by atoms with E-state index in [1.807, 2.05) is 12.1 Å². The third kappa shape index (κ3) is 3.52. The molecule has 1 aromatic carbocycles. The van der Waals surface area contributed by atoms with Crippen LogP contribution in [0.1, 0.15) is 26.3 Å². The Balaban J connectivity index is 1.51. The van der Waals surface area contributed by atoms with Gasteiger partial charge < -0.3 is 10.6 Å². The van der Waals surface area contributed by atoms with E-state index in [1.165, 1.54) is 6.08 Å². The molecule has 2 N–H and O–H groups in total. The monoisotopic (exact) mass is 307 g/mol. The highest BCUT2D eigenvalue weighted by atomic mass is 16.1. The Morgan fingerprint density at radius 3 is 2.43 bits per heavy atom. The van der Waals surface area contributed by atoms with Gasteiger partial charge >= 0.3 is 0 Å². The lowest BCUT2D eigenvalue weighted by molar-refractivity contribution is 0.0978. The molecule has 1 aromatic heterocycles. The summed E-state index contributed by atoms with van der Waals surface area (Å²) in [6.45, 7) is 1.99. The van der Waals surface area contributed by atoms with Gasteiger partial charge in [0.2, 0.25) is 5.78 Å². The number of hydrogen-bond donors (Lipinski definition) is 2. The molecule has 0 radical (unpaired) electrons. The molecule has 0 spiro atoms. The van der Waals surface area contributed by atoms with E-state index in [0.29, 0.717) is 29.9 Å². The molecule has 3 rings (SSSR count). The maximum atomic E-state index is 12.3. The van der Waals surface area contributed by atoms with Crippen LogP contribution in [-0.2, 0) is 6.54 Å². The molecule has 1 aliphatic rings. The molecule has 5 heteroatoms. The van der Waals surface area contributed by atoms with Crippen molar-refractivity contribution in [2.45, 2.75) is 6.54 Å². The van der Waals surface area contributed by atoms with Gasteiger partial charge in [-0.25, -0.2) is 0 Å². The lowest BCUT2D eigenvalue weighted by Crippen LogP contribution is -2.32. The van der Waals surface area contributed by atoms with Gasteiger partial charge in [0.25, 0.3) is 0 Å². The number of benzene rings is 1. The third-order valence-corrected chi connectivity index (χ3v) is 3.65. The Morgan fingerprint density at radius 2 is 1.65 bits per heavy atom. The minimum atomic E-state index is -0.132. The average Bonchev–Trinajstić information content (AvgIpc) is 2.60. The number of rotatable bonds is 6. The van der Waals surface area contributed by atoms with E-state index in [2.05, 4.69) is 15.6 Å². The molecule has 0 saturated heterocycles. The Labute approximate surface area is 134 Å². The minimum Gasteiger partial charge on any atom is -0.380 e. The summed E-state index contributed by atoms with van der Waals surface area (Å²) in [6.07, 6.45) is 4.89. The van der Waals surface area contributed by atoms with Gasteiger partial charge in [0.05, 0.1) is 5.70 Å². The summed E-state index contributed by atoms with van der Waals surface area (Å²) in [5.41, 5.74) is 2.45. The van der Waals surface area contributed by atoms with Crippen molar-refractivity contribution < 1.29 is 9.59 Å². The molecule has 0 bridgehead atoms. The lowest BCUT2D eigenvalue weighted by Gasteiger charge is -2.16. The van der Waals surface area contributed by atoms with E-state index in [1.54, 1.807) is 36.7 Å². The summed E-state index contributed by atoms with van der Waals surface area (Å²) in [5, 5.41) is 6.32. The SMILES string of the molecule is O=C1C=C(NCCNCc2ccncc2)C(=O)c2ccccc21. The van der Waals surface area contributed by atoms with E-state index in [4.69, 9.17) is 0 Å². The molecule has 1 heterocycles. The number of aromatic nitrogens is 1. The molecule has 0 amide bonds. The number of nitrogens with one attached hydrogen (secondary N) is 2. The molecule has 0 saturated carbocycles. The van der Waals surface area contributed by atoms with Crippen molar-refractivity contribution in [3.8, 4) is 0 Å². The molecule has 0 aliphatic heterocycles. The third-order valence-electron chi connectivity index (χ3n) is 3.65. The Morgan fingerprint density at radius 1 is 0.913 bits per heavy atom. The Bertz CT molecular complexity index is 754. The largest absolute Gasteiger partial charge is 0.380 e. The molecule has 116 valence electrons. The number of Topliss-reactive ketones (excluding diaryl/α,β-unsaturated/α-hetero) is 1. The molecule has 1 aliphatic carbocycles. The van der Waals surface area contributed by atoms with Crippen LogP contribution in [0.25, 0.3) is 0 Å². The van der Waals surface area contributed by atoms with Crippen molar-refractivity contribution in [2.24, 2.45) is 0 Å². The van der Waals surface area contributed by atoms with E-state index >= 15 is 0 Å². The second-order valence-electron chi connectivity index (χ2n) is 5.26. The van der Waals surface area contributed by atoms with Gasteiger partial charge in [-0.15, -0.1) is 0 Å². The first kappa shape index (κ1) is 15.1. The summed E-state index contributed by atoms with van der Waals surface area (Å²) in [6, 6.07) is 10.8. The summed E-state index contributed by atoms with van der Waals surface area (Å²) in [7, 11) is 0. The van der Waals surface area contributed by atoms with Crippen LogP contribution in [-0.4, -0.2) is 29.6 Å². The molecular formula is C18H17N3O2. The van der Waals surface area contributed by atoms with Crippen molar-refractivity contribution >= 4 is 11.6 Å². The summed E-state index contributed by atoms with van der Waals surface area (Å²) in [4.78, 5) is 28.3. The predicted octanol–water partition coefficient (Wildman–Crippen LogP) is 1.72. The fourth-order valence-electron chi connectivity index (χ4n) is 2.47. The Kier molecular flexibility index (Phi) is 4.59. The van der Waals surface area contributed by atoms with Gasteiger partial charge in [0, 0.05) is 49.2 Å². The van der Waals surface area contributed by atoms with Crippen LogP contribution in [0.2, 0.25) is 0 Å². The Hall–Kier alpha value is -2.79. The fraction of sp³-hybridized carbons (Fsp3) is 0.167. The highest BCUT2D eigenvalue weighted by molar-refractivity contribution is 6.24. The molecule has 0 fully saturated rings. The first-order valence-electron chi connectivity index (χ1n) is 7.49. The number of fused-ring (bicyclic) bond motifs is 1. The number of ketones is 2. The van der Waals surface area contributed by atoms with Crippen LogP contribution >= 0.6 is 0 Å². The van der Waals surface area contributed by atoms with Gasteiger partial charge in [-0.2, -0.15) is 0 Å². The smallest absolute Gasteiger partial charge is 0.209 e. The van der Waals surface area contributed by atoms with Crippen LogP contribution in [0.5, 0.6) is 0 Å². The minimum absolute atomic E-state index is 0.130. The molecule has 0 unspecified atom stereocenters. The van der Waals surface area contributed by atoms with Crippen LogP contribution < -0.4 is 10.6 Å². The van der Waals surface area contributed by atoms with Gasteiger partial charge in [0.1, 0.15) is 0 Å². The van der Waals surface area contributed by atoms with Crippen molar-refractivity contribution in [1.29, 1.82) is 0 Å². The summed E-state index contributed by atoms with van der Waals surface area (Å²) < 4.78 is 0. The van der Waals surface area contributed by atoms with Gasteiger partial charge in [-0.3, -0.25) is 14.6 Å². The average molecular weight is 307 g/mol. The highest BCUT2D eigenvalue weighted by Crippen LogP contribution is 2.19. The summed E-state index contributed by atoms with van der Waals surface area (Å²) >= 11 is 0. The normalized spacial score (nSPS) is 13.5. The predicted molar refractivity (Wildman–Crippen MR) is 87.1 cm³/mol. The highest BCUT2D eigenvalue weighted by Gasteiger charge is 2.24. The number of carbonyl (C=O) groups is 2. The van der Waals surface area contributed by atoms with E-state index in [0.717, 1.165) is 12.1 Å². The van der Waals surface area contributed by atoms with Crippen molar-refractivity contribution in [3.63, 3.8) is 0 Å². The van der Waals surface area contributed by atoms with Crippen LogP contribution in [0.4, 0.5) is 0 Å². The number of pyridine rings is 1. The first-order chi connectivity index (χ1) is 11.3. The van der Waals surface area contributed by atoms with E-state index in [9.17, 15) is 9.59 Å². The quantitative estimate of drug-likeness (QED) is 0.795. The van der Waals surface area contributed by atoms with Gasteiger partial charge in [0.15, 0.2) is 5.78 Å². The van der Waals surface area contributed by atoms with Crippen molar-refractivity contribution in [2.75, 3.05) is 13.1 Å². The number of allylic oxidation sites excluding steroid dienone is 2. The zero-order chi connectivity index (χ0) is 16.1. The molecule has 23 heavy (non-hydrogen) atoms. The maximum absolute atomic E-state index is 12.3. The van der Waals surface area contributed by atoms with Gasteiger partial charge in [-0.05, 0) is 17.7 Å². The van der Waals surface area contributed by atoms with E-state index in [-0.39, 0.29) is 11.6 Å². The molecule has 5 nitrogen and oxygen atoms in total. The van der Waals surface area contributed by atoms with Crippen LogP contribution in [0, 0.1) is 0 Å². The fourth-order valence-corrected chi connectivity index (χ4v) is 2.47. The van der Waals surface area contributed by atoms with Crippen molar-refractivity contribution in [1.82, 2.24) is 15.6 Å². The van der Waals surface area contributed by atoms with Gasteiger partial charge in [-0.1, -0.05) is 24.3 Å². The lowest BCUT2D eigenvalue weighted by atomic mass is 9.93. The van der Waals surface area contributed by atoms with Crippen LogP contribution in [0.3, 0.4) is 0 Å². The molecule has 0 atom stereocenters. The number of carbonyl (C=O) groups excluding carboxylic acids is 2. The standard InChI is InChI=1S/C18H17N3O2/c22-17-11-16(18(23)15-4-2-1-3-14(15)17)21-10-9-20-12-13-5-7-19-8-6-13/h1-8,11,20-21H,9-10,12H2. The topological polar surface area (TPSA) is 71.1 Å². The first-order valence-corrected chi connectivity index (χ1v) is 7.49. The van der Waals surface area contributed by atoms with Crippen LogP contribution in [0.15, 0.2) is 60.6 Å². The second-order valence-corrected chi connectivity index (χ2v) is 5.26. The second kappa shape index (κ2) is 6.98. The zero-order valence-electron chi connectivity index (χ0n) is 12.6. The zero-order valence-corrected chi connectivity index (χ0v) is 12.6. The molecule has 2 aromatic rings. The molecular weight excluding hydrogens is 290 g/mol. The number of nitrogens with zero attached hydrogens (tertiary/aromatic N) is 1. The number of hydrogen-bond acceptors (Lipinski definition) is 5. The van der Waals surface area contributed by atoms with E-state index < -0.39 is 0 Å².